The normalized spacial score (nSPS) is 21.2. The molecule has 0 saturated carbocycles. The molecule has 10 nitrogen and oxygen atoms in total. The molecule has 3 aromatic rings. The molecule has 2 bridgehead atoms. The molecular weight excluding hydrogens is 480 g/mol. The lowest BCUT2D eigenvalue weighted by Gasteiger charge is -2.23. The van der Waals surface area contributed by atoms with Crippen molar-refractivity contribution in [3.8, 4) is 0 Å². The van der Waals surface area contributed by atoms with Crippen LogP contribution >= 0.6 is 0 Å². The van der Waals surface area contributed by atoms with Gasteiger partial charge < -0.3 is 31.3 Å². The lowest BCUT2D eigenvalue weighted by atomic mass is 9.95. The first-order chi connectivity index (χ1) is 18.5. The third-order valence-electron chi connectivity index (χ3n) is 6.75. The second-order valence-electron chi connectivity index (χ2n) is 9.75. The van der Waals surface area contributed by atoms with Gasteiger partial charge >= 0.3 is 0 Å². The summed E-state index contributed by atoms with van der Waals surface area (Å²) in [6.45, 7) is 6.16. The van der Waals surface area contributed by atoms with E-state index < -0.39 is 5.60 Å². The summed E-state index contributed by atoms with van der Waals surface area (Å²) in [7, 11) is 0. The zero-order chi connectivity index (χ0) is 26.4. The van der Waals surface area contributed by atoms with E-state index in [1.165, 1.54) is 11.9 Å². The van der Waals surface area contributed by atoms with Crippen molar-refractivity contribution in [1.29, 1.82) is 0 Å². The van der Waals surface area contributed by atoms with Crippen LogP contribution in [0.25, 0.3) is 0 Å². The molecule has 1 aromatic carbocycles. The minimum atomic E-state index is -1.09. The van der Waals surface area contributed by atoms with Crippen LogP contribution < -0.4 is 26.2 Å². The van der Waals surface area contributed by atoms with Crippen molar-refractivity contribution >= 4 is 34.9 Å². The summed E-state index contributed by atoms with van der Waals surface area (Å²) in [4.78, 5) is 28.9. The number of rotatable bonds is 3. The fourth-order valence-corrected chi connectivity index (χ4v) is 4.56. The average Bonchev–Trinajstić information content (AvgIpc) is 3.21. The Kier molecular flexibility index (Phi) is 7.81. The summed E-state index contributed by atoms with van der Waals surface area (Å²) >= 11 is 0. The highest BCUT2D eigenvalue weighted by Gasteiger charge is 2.25. The lowest BCUT2D eigenvalue weighted by molar-refractivity contribution is 0.0444. The minimum absolute atomic E-state index is 0.291. The van der Waals surface area contributed by atoms with Gasteiger partial charge in [0.25, 0.3) is 5.91 Å². The van der Waals surface area contributed by atoms with Gasteiger partial charge in [0.15, 0.2) is 0 Å². The number of anilines is 5. The van der Waals surface area contributed by atoms with Gasteiger partial charge in [-0.25, -0.2) is 9.97 Å². The van der Waals surface area contributed by atoms with E-state index in [0.29, 0.717) is 48.2 Å². The van der Waals surface area contributed by atoms with Crippen LogP contribution in [0.2, 0.25) is 0 Å². The molecular formula is C28H34N8O2. The highest BCUT2D eigenvalue weighted by Crippen LogP contribution is 2.28. The molecule has 2 aromatic heterocycles. The number of benzene rings is 1. The average molecular weight is 515 g/mol. The summed E-state index contributed by atoms with van der Waals surface area (Å²) in [6.07, 6.45) is 7.61. The largest absolute Gasteiger partial charge is 0.384 e. The van der Waals surface area contributed by atoms with Crippen molar-refractivity contribution < 1.29 is 9.90 Å². The minimum Gasteiger partial charge on any atom is -0.384 e. The maximum Gasteiger partial charge on any atom is 0.256 e. The monoisotopic (exact) mass is 514 g/mol. The Morgan fingerprint density at radius 1 is 1.05 bits per heavy atom. The molecule has 5 rings (SSSR count). The number of carbonyl (C=O) groups is 1. The van der Waals surface area contributed by atoms with E-state index in [2.05, 4.69) is 53.3 Å². The van der Waals surface area contributed by atoms with Crippen LogP contribution in [0.15, 0.2) is 60.8 Å². The molecule has 1 amide bonds. The molecule has 38 heavy (non-hydrogen) atoms. The number of aliphatic hydroxyl groups is 1. The van der Waals surface area contributed by atoms with E-state index in [-0.39, 0.29) is 5.91 Å². The van der Waals surface area contributed by atoms with E-state index in [1.54, 1.807) is 19.1 Å². The molecule has 198 valence electrons. The topological polar surface area (TPSA) is 127 Å². The third kappa shape index (κ3) is 6.27. The second-order valence-corrected chi connectivity index (χ2v) is 9.75. The van der Waals surface area contributed by atoms with Gasteiger partial charge in [-0.05, 0) is 69.1 Å². The van der Waals surface area contributed by atoms with Crippen LogP contribution in [0.1, 0.15) is 42.2 Å². The van der Waals surface area contributed by atoms with Gasteiger partial charge in [-0.15, -0.1) is 0 Å². The van der Waals surface area contributed by atoms with Gasteiger partial charge in [0.1, 0.15) is 22.8 Å². The molecule has 1 saturated heterocycles. The maximum absolute atomic E-state index is 12.9. The van der Waals surface area contributed by atoms with Gasteiger partial charge in [-0.3, -0.25) is 4.79 Å². The van der Waals surface area contributed by atoms with Crippen LogP contribution in [0, 0.1) is 0 Å². The van der Waals surface area contributed by atoms with Crippen LogP contribution in [0.4, 0.5) is 29.0 Å². The number of nitrogens with one attached hydrogen (secondary N) is 4. The van der Waals surface area contributed by atoms with Crippen molar-refractivity contribution in [3.05, 3.63) is 72.1 Å². The molecule has 2 aliphatic rings. The number of aromatic nitrogens is 3. The Morgan fingerprint density at radius 2 is 1.92 bits per heavy atom. The Bertz CT molecular complexity index is 1280. The first-order valence-electron chi connectivity index (χ1n) is 13.1. The Balaban J connectivity index is 1.40. The number of carbonyl (C=O) groups excluding carboxylic acids is 1. The molecule has 0 radical (unpaired) electrons. The first-order valence-corrected chi connectivity index (χ1v) is 13.1. The smallest absolute Gasteiger partial charge is 0.256 e. The fraction of sp³-hybridized carbons (Fsp3) is 0.357. The fourth-order valence-electron chi connectivity index (χ4n) is 4.56. The molecule has 0 unspecified atom stereocenters. The number of nitrogens with zero attached hydrogens (tertiary/aromatic N) is 4. The molecule has 1 atom stereocenters. The van der Waals surface area contributed by atoms with E-state index in [1.807, 2.05) is 30.4 Å². The van der Waals surface area contributed by atoms with E-state index in [0.717, 1.165) is 38.3 Å². The van der Waals surface area contributed by atoms with E-state index in [4.69, 9.17) is 0 Å². The number of hydrogen-bond donors (Lipinski definition) is 5. The predicted octanol–water partition coefficient (Wildman–Crippen LogP) is 3.45. The molecule has 10 heteroatoms. The van der Waals surface area contributed by atoms with Gasteiger partial charge in [0, 0.05) is 43.8 Å². The SMILES string of the molecule is C[C@@]1(O)CC/C=C\CNC(=O)c2cnc(Nc3ccc(N4CCCNCC4)cc3)nc2Nc2cccc1n2. The quantitative estimate of drug-likeness (QED) is 0.334. The third-order valence-corrected chi connectivity index (χ3v) is 6.75. The first kappa shape index (κ1) is 25.6. The summed E-state index contributed by atoms with van der Waals surface area (Å²) in [5.74, 6) is 0.851. The van der Waals surface area contributed by atoms with Crippen molar-refractivity contribution in [2.45, 2.75) is 31.8 Å². The number of fused-ring (bicyclic) bond motifs is 3. The summed E-state index contributed by atoms with van der Waals surface area (Å²) in [6, 6.07) is 13.6. The lowest BCUT2D eigenvalue weighted by Crippen LogP contribution is -2.27. The van der Waals surface area contributed by atoms with Crippen molar-refractivity contribution in [1.82, 2.24) is 25.6 Å². The molecule has 1 fully saturated rings. The van der Waals surface area contributed by atoms with Crippen LogP contribution in [0.5, 0.6) is 0 Å². The van der Waals surface area contributed by atoms with Crippen LogP contribution in [0.3, 0.4) is 0 Å². The molecule has 2 aliphatic heterocycles. The molecule has 0 aliphatic carbocycles. The molecule has 0 spiro atoms. The summed E-state index contributed by atoms with van der Waals surface area (Å²) < 4.78 is 0. The second kappa shape index (κ2) is 11.6. The zero-order valence-corrected chi connectivity index (χ0v) is 21.6. The van der Waals surface area contributed by atoms with Gasteiger partial charge in [0.2, 0.25) is 5.95 Å². The Labute approximate surface area is 222 Å². The highest BCUT2D eigenvalue weighted by atomic mass is 16.3. The van der Waals surface area contributed by atoms with Crippen molar-refractivity contribution in [2.75, 3.05) is 48.3 Å². The number of allylic oxidation sites excluding steroid dienone is 1. The Morgan fingerprint density at radius 3 is 2.79 bits per heavy atom. The Hall–Kier alpha value is -4.02. The number of pyridine rings is 1. The molecule has 5 N–H and O–H groups in total. The van der Waals surface area contributed by atoms with Gasteiger partial charge in [0.05, 0.1) is 5.69 Å². The van der Waals surface area contributed by atoms with Gasteiger partial charge in [-0.2, -0.15) is 4.98 Å². The zero-order valence-electron chi connectivity index (χ0n) is 21.6. The molecule has 4 heterocycles. The number of amides is 1. The number of hydrogen-bond acceptors (Lipinski definition) is 9. The predicted molar refractivity (Wildman–Crippen MR) is 149 cm³/mol. The van der Waals surface area contributed by atoms with E-state index in [9.17, 15) is 9.90 Å². The van der Waals surface area contributed by atoms with Crippen LogP contribution in [-0.2, 0) is 5.60 Å². The van der Waals surface area contributed by atoms with Crippen LogP contribution in [-0.4, -0.2) is 58.7 Å². The van der Waals surface area contributed by atoms with Gasteiger partial charge in [-0.1, -0.05) is 18.2 Å². The summed E-state index contributed by atoms with van der Waals surface area (Å²) in [5.41, 5.74) is 1.77. The standard InChI is InChI=1S/C28H34N8O2/c1-28(38)13-3-2-4-15-30-26(37)22-19-31-27(35-25(22)34-24-8-5-7-23(28)33-24)32-20-9-11-21(12-10-20)36-17-6-14-29-16-18-36/h2,4-5,7-12,19,29,38H,3,6,13-18H2,1H3,(H,30,37)(H2,31,32,33,34,35)/b4-2-/t28-/m1/s1. The van der Waals surface area contributed by atoms with Crippen molar-refractivity contribution in [2.24, 2.45) is 0 Å². The highest BCUT2D eigenvalue weighted by molar-refractivity contribution is 5.99. The maximum atomic E-state index is 12.9. The van der Waals surface area contributed by atoms with E-state index >= 15 is 0 Å². The summed E-state index contributed by atoms with van der Waals surface area (Å²) in [5, 5.41) is 23.7. The van der Waals surface area contributed by atoms with Crippen molar-refractivity contribution in [3.63, 3.8) is 0 Å².